The number of rotatable bonds is 1. The summed E-state index contributed by atoms with van der Waals surface area (Å²) < 4.78 is 1.11. The molecule has 4 rings (SSSR count). The van der Waals surface area contributed by atoms with Gasteiger partial charge in [-0.25, -0.2) is 0 Å². The van der Waals surface area contributed by atoms with E-state index in [-0.39, 0.29) is 5.43 Å². The Balaban J connectivity index is 1.79. The second kappa shape index (κ2) is 5.69. The van der Waals surface area contributed by atoms with Crippen molar-refractivity contribution in [3.8, 4) is 0 Å². The minimum absolute atomic E-state index is 0.240. The Bertz CT molecular complexity index is 749. The van der Waals surface area contributed by atoms with Gasteiger partial charge in [-0.05, 0) is 50.7 Å². The molecule has 1 saturated carbocycles. The van der Waals surface area contributed by atoms with Gasteiger partial charge in [-0.1, -0.05) is 24.5 Å². The number of piperidine rings is 1. The van der Waals surface area contributed by atoms with Crippen molar-refractivity contribution in [2.24, 2.45) is 5.92 Å². The molecule has 0 radical (unpaired) electrons. The van der Waals surface area contributed by atoms with Crippen LogP contribution in [0.2, 0.25) is 0 Å². The summed E-state index contributed by atoms with van der Waals surface area (Å²) in [6, 6.07) is 6.83. The first-order valence-electron chi connectivity index (χ1n) is 8.53. The van der Waals surface area contributed by atoms with E-state index in [9.17, 15) is 4.79 Å². The van der Waals surface area contributed by atoms with Crippen molar-refractivity contribution in [2.45, 2.75) is 51.5 Å². The van der Waals surface area contributed by atoms with Gasteiger partial charge in [-0.15, -0.1) is 11.3 Å². The van der Waals surface area contributed by atoms with Crippen molar-refractivity contribution < 1.29 is 0 Å². The number of hydrogen-bond acceptors (Lipinski definition) is 3. The van der Waals surface area contributed by atoms with Gasteiger partial charge in [0, 0.05) is 28.1 Å². The fraction of sp³-hybridized carbons (Fsp3) is 0.526. The number of hydrogen-bond donors (Lipinski definition) is 0. The van der Waals surface area contributed by atoms with Gasteiger partial charge in [0.2, 0.25) is 5.43 Å². The summed E-state index contributed by atoms with van der Waals surface area (Å²) in [4.78, 5) is 15.5. The highest BCUT2D eigenvalue weighted by molar-refractivity contribution is 7.16. The van der Waals surface area contributed by atoms with Crippen molar-refractivity contribution in [2.75, 3.05) is 11.4 Å². The van der Waals surface area contributed by atoms with Crippen molar-refractivity contribution >= 4 is 27.1 Å². The van der Waals surface area contributed by atoms with E-state index < -0.39 is 0 Å². The number of anilines is 1. The molecule has 1 aromatic heterocycles. The largest absolute Gasteiger partial charge is 0.364 e. The van der Waals surface area contributed by atoms with Crippen molar-refractivity contribution in [3.63, 3.8) is 0 Å². The summed E-state index contributed by atoms with van der Waals surface area (Å²) in [5.74, 6) is 0.806. The molecule has 116 valence electrons. The van der Waals surface area contributed by atoms with Gasteiger partial charge in [0.1, 0.15) is 0 Å². The smallest absolute Gasteiger partial charge is 0.211 e. The summed E-state index contributed by atoms with van der Waals surface area (Å²) in [6.45, 7) is 3.12. The minimum atomic E-state index is 0.240. The van der Waals surface area contributed by atoms with E-state index in [1.165, 1.54) is 44.1 Å². The fourth-order valence-corrected chi connectivity index (χ4v) is 5.26. The van der Waals surface area contributed by atoms with Crippen LogP contribution < -0.4 is 10.3 Å². The molecule has 3 heteroatoms. The molecule has 0 spiro atoms. The molecule has 2 aliphatic rings. The monoisotopic (exact) mass is 313 g/mol. The fourth-order valence-electron chi connectivity index (χ4n) is 4.36. The first-order valence-corrected chi connectivity index (χ1v) is 9.41. The van der Waals surface area contributed by atoms with Crippen LogP contribution in [-0.4, -0.2) is 12.6 Å². The highest BCUT2D eigenvalue weighted by Gasteiger charge is 2.34. The van der Waals surface area contributed by atoms with E-state index in [4.69, 9.17) is 0 Å². The van der Waals surface area contributed by atoms with E-state index in [1.54, 1.807) is 11.3 Å². The molecular weight excluding hydrogens is 290 g/mol. The maximum Gasteiger partial charge on any atom is 0.211 e. The second-order valence-electron chi connectivity index (χ2n) is 6.90. The normalized spacial score (nSPS) is 25.2. The maximum absolute atomic E-state index is 13.0. The van der Waals surface area contributed by atoms with Gasteiger partial charge in [0.05, 0.1) is 5.69 Å². The van der Waals surface area contributed by atoms with Crippen molar-refractivity contribution in [3.05, 3.63) is 39.4 Å². The summed E-state index contributed by atoms with van der Waals surface area (Å²) in [7, 11) is 0. The molecule has 2 unspecified atom stereocenters. The Morgan fingerprint density at radius 2 is 1.95 bits per heavy atom. The molecule has 1 aliphatic heterocycles. The Morgan fingerprint density at radius 1 is 1.14 bits per heavy atom. The number of fused-ring (bicyclic) bond motifs is 2. The van der Waals surface area contributed by atoms with Crippen LogP contribution in [0.1, 0.15) is 44.1 Å². The molecule has 0 N–H and O–H groups in total. The van der Waals surface area contributed by atoms with E-state index in [2.05, 4.69) is 35.4 Å². The predicted molar refractivity (Wildman–Crippen MR) is 95.2 cm³/mol. The lowest BCUT2D eigenvalue weighted by molar-refractivity contribution is 0.243. The lowest BCUT2D eigenvalue weighted by Crippen LogP contribution is -2.48. The zero-order valence-electron chi connectivity index (χ0n) is 13.2. The molecule has 1 aromatic carbocycles. The average Bonchev–Trinajstić information content (AvgIpc) is 2.55. The maximum atomic E-state index is 13.0. The Morgan fingerprint density at radius 3 is 2.86 bits per heavy atom. The molecule has 2 aromatic rings. The lowest BCUT2D eigenvalue weighted by Gasteiger charge is -2.45. The summed E-state index contributed by atoms with van der Waals surface area (Å²) in [5, 5.41) is 3.01. The first kappa shape index (κ1) is 14.3. The highest BCUT2D eigenvalue weighted by atomic mass is 32.1. The molecule has 0 amide bonds. The third-order valence-corrected chi connectivity index (χ3v) is 6.41. The topological polar surface area (TPSA) is 20.3 Å². The van der Waals surface area contributed by atoms with Crippen LogP contribution in [0.15, 0.2) is 28.4 Å². The summed E-state index contributed by atoms with van der Waals surface area (Å²) in [5.41, 5.74) is 2.37. The lowest BCUT2D eigenvalue weighted by atomic mass is 9.78. The predicted octanol–water partition coefficient (Wildman–Crippen LogP) is 4.73. The summed E-state index contributed by atoms with van der Waals surface area (Å²) in [6.07, 6.45) is 7.90. The molecule has 1 saturated heterocycles. The molecular formula is C19H23NOS. The van der Waals surface area contributed by atoms with E-state index >= 15 is 0 Å². The van der Waals surface area contributed by atoms with Crippen LogP contribution in [0.3, 0.4) is 0 Å². The molecule has 2 fully saturated rings. The highest BCUT2D eigenvalue weighted by Crippen LogP contribution is 2.37. The van der Waals surface area contributed by atoms with Crippen LogP contribution in [0.4, 0.5) is 5.69 Å². The van der Waals surface area contributed by atoms with Gasteiger partial charge in [0.15, 0.2) is 0 Å². The Labute approximate surface area is 135 Å². The third kappa shape index (κ3) is 2.36. The van der Waals surface area contributed by atoms with Gasteiger partial charge < -0.3 is 4.90 Å². The van der Waals surface area contributed by atoms with E-state index in [0.717, 1.165) is 28.2 Å². The molecule has 2 atom stereocenters. The van der Waals surface area contributed by atoms with Crippen molar-refractivity contribution in [1.29, 1.82) is 0 Å². The number of aryl methyl sites for hydroxylation is 1. The van der Waals surface area contributed by atoms with E-state index in [1.807, 2.05) is 0 Å². The SMILES string of the molecule is Cc1ccc2scc(N3CCCC4CCCCC43)c(=O)c2c1. The molecule has 2 nitrogen and oxygen atoms in total. The number of benzene rings is 1. The van der Waals surface area contributed by atoms with Gasteiger partial charge in [-0.3, -0.25) is 4.79 Å². The van der Waals surface area contributed by atoms with Gasteiger partial charge in [-0.2, -0.15) is 0 Å². The van der Waals surface area contributed by atoms with Crippen molar-refractivity contribution in [1.82, 2.24) is 0 Å². The van der Waals surface area contributed by atoms with Crippen LogP contribution >= 0.6 is 11.3 Å². The van der Waals surface area contributed by atoms with E-state index in [0.29, 0.717) is 6.04 Å². The molecule has 0 bridgehead atoms. The quantitative estimate of drug-likeness (QED) is 0.758. The zero-order chi connectivity index (χ0) is 15.1. The number of nitrogens with zero attached hydrogens (tertiary/aromatic N) is 1. The second-order valence-corrected chi connectivity index (χ2v) is 7.81. The Kier molecular flexibility index (Phi) is 3.69. The van der Waals surface area contributed by atoms with Crippen LogP contribution in [-0.2, 0) is 0 Å². The minimum Gasteiger partial charge on any atom is -0.364 e. The molecule has 2 heterocycles. The molecule has 1 aliphatic carbocycles. The van der Waals surface area contributed by atoms with Crippen LogP contribution in [0, 0.1) is 12.8 Å². The van der Waals surface area contributed by atoms with Crippen LogP contribution in [0.5, 0.6) is 0 Å². The first-order chi connectivity index (χ1) is 10.7. The summed E-state index contributed by atoms with van der Waals surface area (Å²) >= 11 is 1.72. The van der Waals surface area contributed by atoms with Crippen LogP contribution in [0.25, 0.3) is 10.1 Å². The standard InChI is InChI=1S/C19H23NOS/c1-13-8-9-18-15(11-13)19(21)17(12-22-18)20-10-4-6-14-5-2-3-7-16(14)20/h8-9,11-12,14,16H,2-7,10H2,1H3. The van der Waals surface area contributed by atoms with Gasteiger partial charge >= 0.3 is 0 Å². The van der Waals surface area contributed by atoms with Gasteiger partial charge in [0.25, 0.3) is 0 Å². The third-order valence-electron chi connectivity index (χ3n) is 5.46. The average molecular weight is 313 g/mol. The Hall–Kier alpha value is -1.35. The zero-order valence-corrected chi connectivity index (χ0v) is 14.0. The molecule has 22 heavy (non-hydrogen) atoms.